The molecule has 0 aromatic rings. The van der Waals surface area contributed by atoms with E-state index in [-0.39, 0.29) is 12.4 Å². The van der Waals surface area contributed by atoms with Gasteiger partial charge in [-0.2, -0.15) is 0 Å². The van der Waals surface area contributed by atoms with Gasteiger partial charge < -0.3 is 5.32 Å². The van der Waals surface area contributed by atoms with Gasteiger partial charge in [0.05, 0.1) is 6.66 Å². The lowest BCUT2D eigenvalue weighted by atomic mass is 10.4. The van der Waals surface area contributed by atoms with Gasteiger partial charge in [-0.25, -0.2) is 0 Å². The summed E-state index contributed by atoms with van der Waals surface area (Å²) < 4.78 is 2.16. The maximum Gasteiger partial charge on any atom is 0.278 e. The van der Waals surface area contributed by atoms with Crippen molar-refractivity contribution in [2.75, 3.05) is 32.8 Å². The summed E-state index contributed by atoms with van der Waals surface area (Å²) >= 11 is 12.0. The Hall–Kier alpha value is 1.22. The van der Waals surface area contributed by atoms with Gasteiger partial charge in [-0.15, -0.1) is 17.1 Å². The first-order valence-corrected chi connectivity index (χ1v) is 7.32. The van der Waals surface area contributed by atoms with Crippen LogP contribution in [0.2, 0.25) is 0 Å². The van der Waals surface area contributed by atoms with Crippen molar-refractivity contribution in [1.82, 2.24) is 9.99 Å². The minimum atomic E-state index is -1.75. The van der Waals surface area contributed by atoms with Crippen LogP contribution < -0.4 is 5.32 Å². The monoisotopic (exact) mass is 237 g/mol. The SMILES string of the molecule is C[P+](Cl)(Cl)N1CCNCC1.Cl. The predicted molar refractivity (Wildman–Crippen MR) is 56.2 cm³/mol. The molecule has 0 aromatic carbocycles. The van der Waals surface area contributed by atoms with Crippen molar-refractivity contribution in [3.8, 4) is 0 Å². The molecule has 0 aliphatic carbocycles. The van der Waals surface area contributed by atoms with Gasteiger partial charge >= 0.3 is 0 Å². The van der Waals surface area contributed by atoms with Crippen LogP contribution in [-0.2, 0) is 0 Å². The Labute approximate surface area is 84.0 Å². The second-order valence-electron chi connectivity index (χ2n) is 2.46. The zero-order valence-corrected chi connectivity index (χ0v) is 9.61. The van der Waals surface area contributed by atoms with Gasteiger partial charge in [0.15, 0.2) is 0 Å². The molecule has 0 radical (unpaired) electrons. The summed E-state index contributed by atoms with van der Waals surface area (Å²) in [4.78, 5) is 0. The third-order valence-corrected chi connectivity index (χ3v) is 4.27. The zero-order valence-electron chi connectivity index (χ0n) is 6.39. The summed E-state index contributed by atoms with van der Waals surface area (Å²) in [5, 5.41) is 3.25. The number of piperazine rings is 1. The molecule has 0 atom stereocenters. The smallest absolute Gasteiger partial charge is 0.278 e. The number of hydrogen-bond acceptors (Lipinski definition) is 2. The van der Waals surface area contributed by atoms with E-state index in [1.165, 1.54) is 0 Å². The Balaban J connectivity index is 0.000001000. The number of hydrogen-bond donors (Lipinski definition) is 1. The van der Waals surface area contributed by atoms with E-state index in [1.807, 2.05) is 6.66 Å². The zero-order chi connectivity index (χ0) is 7.61. The highest BCUT2D eigenvalue weighted by atomic mass is 35.9. The summed E-state index contributed by atoms with van der Waals surface area (Å²) in [7, 11) is 0. The minimum absolute atomic E-state index is 0. The fourth-order valence-electron chi connectivity index (χ4n) is 1.00. The summed E-state index contributed by atoms with van der Waals surface area (Å²) in [6.45, 7) is 5.90. The molecule has 1 rings (SSSR count). The first-order valence-electron chi connectivity index (χ1n) is 3.32. The lowest BCUT2D eigenvalue weighted by Crippen LogP contribution is -2.41. The Bertz CT molecular complexity index is 111. The number of rotatable bonds is 1. The van der Waals surface area contributed by atoms with Crippen LogP contribution in [0.5, 0.6) is 0 Å². The van der Waals surface area contributed by atoms with Crippen molar-refractivity contribution in [2.45, 2.75) is 0 Å². The van der Waals surface area contributed by atoms with Crippen LogP contribution in [0.25, 0.3) is 0 Å². The number of halogens is 3. The molecule has 11 heavy (non-hydrogen) atoms. The third kappa shape index (κ3) is 4.12. The molecule has 1 aliphatic rings. The highest BCUT2D eigenvalue weighted by Gasteiger charge is 2.37. The quantitative estimate of drug-likeness (QED) is 0.705. The van der Waals surface area contributed by atoms with Gasteiger partial charge in [-0.3, -0.25) is 0 Å². The van der Waals surface area contributed by atoms with Crippen molar-refractivity contribution >= 4 is 41.0 Å². The Morgan fingerprint density at radius 3 is 2.00 bits per heavy atom. The van der Waals surface area contributed by atoms with Crippen LogP contribution in [-0.4, -0.2) is 37.5 Å². The highest BCUT2D eigenvalue weighted by Crippen LogP contribution is 2.68. The molecule has 1 N–H and O–H groups in total. The van der Waals surface area contributed by atoms with E-state index in [2.05, 4.69) is 9.99 Å². The van der Waals surface area contributed by atoms with Crippen molar-refractivity contribution < 1.29 is 0 Å². The van der Waals surface area contributed by atoms with Crippen LogP contribution in [0.15, 0.2) is 0 Å². The molecule has 0 bridgehead atoms. The van der Waals surface area contributed by atoms with Crippen molar-refractivity contribution in [2.24, 2.45) is 0 Å². The fourth-order valence-corrected chi connectivity index (χ4v) is 2.81. The lowest BCUT2D eigenvalue weighted by Gasteiger charge is -2.26. The van der Waals surface area contributed by atoms with Crippen molar-refractivity contribution in [1.29, 1.82) is 0 Å². The molecule has 0 unspecified atom stereocenters. The topological polar surface area (TPSA) is 15.3 Å². The van der Waals surface area contributed by atoms with Crippen molar-refractivity contribution in [3.05, 3.63) is 0 Å². The molecular formula is C5H13Cl3N2P+. The summed E-state index contributed by atoms with van der Waals surface area (Å²) in [6.07, 6.45) is -1.75. The standard InChI is InChI=1S/C5H12Cl2N2P.ClH/c1-10(6,7)9-4-2-8-3-5-9;/h8H,2-5H2,1H3;1H/q+1;. The molecule has 1 saturated heterocycles. The maximum atomic E-state index is 5.99. The average molecular weight is 239 g/mol. The molecule has 0 aromatic heterocycles. The van der Waals surface area contributed by atoms with Gasteiger partial charge in [0.1, 0.15) is 22.5 Å². The van der Waals surface area contributed by atoms with E-state index in [0.29, 0.717) is 0 Å². The largest absolute Gasteiger partial charge is 0.314 e. The molecule has 1 fully saturated rings. The molecule has 1 aliphatic heterocycles. The van der Waals surface area contributed by atoms with E-state index in [9.17, 15) is 0 Å². The molecule has 68 valence electrons. The van der Waals surface area contributed by atoms with Gasteiger partial charge in [0.2, 0.25) is 0 Å². The molecular weight excluding hydrogens is 225 g/mol. The van der Waals surface area contributed by atoms with Crippen LogP contribution in [0, 0.1) is 0 Å². The van der Waals surface area contributed by atoms with E-state index in [0.717, 1.165) is 26.2 Å². The second kappa shape index (κ2) is 5.06. The number of nitrogens with zero attached hydrogens (tertiary/aromatic N) is 1. The van der Waals surface area contributed by atoms with Crippen LogP contribution in [0.3, 0.4) is 0 Å². The Morgan fingerprint density at radius 2 is 1.73 bits per heavy atom. The highest BCUT2D eigenvalue weighted by molar-refractivity contribution is 8.15. The molecule has 0 spiro atoms. The summed E-state index contributed by atoms with van der Waals surface area (Å²) in [5.74, 6) is 0. The lowest BCUT2D eigenvalue weighted by molar-refractivity contribution is 0.388. The normalized spacial score (nSPS) is 21.0. The van der Waals surface area contributed by atoms with Crippen LogP contribution >= 0.6 is 41.0 Å². The molecule has 1 heterocycles. The Kier molecular flexibility index (Phi) is 5.62. The van der Waals surface area contributed by atoms with Gasteiger partial charge in [-0.05, 0) is 0 Å². The summed E-state index contributed by atoms with van der Waals surface area (Å²) in [5.41, 5.74) is 0. The van der Waals surface area contributed by atoms with E-state index >= 15 is 0 Å². The predicted octanol–water partition coefficient (Wildman–Crippen LogP) is 2.18. The first-order chi connectivity index (χ1) is 4.61. The van der Waals surface area contributed by atoms with Gasteiger partial charge in [0, 0.05) is 26.2 Å². The first kappa shape index (κ1) is 12.2. The van der Waals surface area contributed by atoms with Crippen molar-refractivity contribution in [3.63, 3.8) is 0 Å². The minimum Gasteiger partial charge on any atom is -0.314 e. The van der Waals surface area contributed by atoms with Gasteiger partial charge in [0.25, 0.3) is 6.12 Å². The fraction of sp³-hybridized carbons (Fsp3) is 1.00. The molecule has 0 saturated carbocycles. The van der Waals surface area contributed by atoms with E-state index < -0.39 is 6.12 Å². The van der Waals surface area contributed by atoms with E-state index in [1.54, 1.807) is 0 Å². The molecule has 6 heteroatoms. The second-order valence-corrected chi connectivity index (χ2v) is 9.00. The maximum absolute atomic E-state index is 5.99. The molecule has 0 amide bonds. The molecule has 2 nitrogen and oxygen atoms in total. The third-order valence-electron chi connectivity index (χ3n) is 1.59. The van der Waals surface area contributed by atoms with E-state index in [4.69, 9.17) is 22.5 Å². The summed E-state index contributed by atoms with van der Waals surface area (Å²) in [6, 6.07) is 0. The Morgan fingerprint density at radius 1 is 1.27 bits per heavy atom. The van der Waals surface area contributed by atoms with Crippen LogP contribution in [0.4, 0.5) is 0 Å². The average Bonchev–Trinajstić information content (AvgIpc) is 1.88. The van der Waals surface area contributed by atoms with Gasteiger partial charge in [-0.1, -0.05) is 0 Å². The number of nitrogens with one attached hydrogen (secondary N) is 1. The van der Waals surface area contributed by atoms with Crippen LogP contribution in [0.1, 0.15) is 0 Å².